The summed E-state index contributed by atoms with van der Waals surface area (Å²) in [5.74, 6) is -0.885. The molecular formula is C14H13NO6. The largest absolute Gasteiger partial charge is 0.457 e. The maximum atomic E-state index is 12.4. The molecule has 0 spiro atoms. The van der Waals surface area contributed by atoms with E-state index in [1.807, 2.05) is 0 Å². The van der Waals surface area contributed by atoms with Gasteiger partial charge >= 0.3 is 5.97 Å². The van der Waals surface area contributed by atoms with Crippen LogP contribution in [0.5, 0.6) is 0 Å². The van der Waals surface area contributed by atoms with Crippen molar-refractivity contribution in [3.8, 4) is 0 Å². The van der Waals surface area contributed by atoms with E-state index in [-0.39, 0.29) is 54.1 Å². The molecule has 0 fully saturated rings. The highest BCUT2D eigenvalue weighted by atomic mass is 16.6. The molecule has 0 bridgehead atoms. The molecular weight excluding hydrogens is 278 g/mol. The molecule has 7 heteroatoms. The van der Waals surface area contributed by atoms with Crippen LogP contribution in [-0.4, -0.2) is 22.8 Å². The van der Waals surface area contributed by atoms with Gasteiger partial charge in [-0.2, -0.15) is 0 Å². The van der Waals surface area contributed by atoms with Gasteiger partial charge in [-0.3, -0.25) is 14.4 Å². The Kier molecular flexibility index (Phi) is 2.93. The van der Waals surface area contributed by atoms with Gasteiger partial charge in [-0.15, -0.1) is 0 Å². The smallest absolute Gasteiger partial charge is 0.355 e. The summed E-state index contributed by atoms with van der Waals surface area (Å²) in [6.45, 7) is 1.95. The molecule has 0 unspecified atom stereocenters. The monoisotopic (exact) mass is 291 g/mol. The molecule has 0 N–H and O–H groups in total. The second-order valence-corrected chi connectivity index (χ2v) is 5.02. The minimum atomic E-state index is -1.65. The lowest BCUT2D eigenvalue weighted by molar-refractivity contribution is -0.182. The minimum Gasteiger partial charge on any atom is -0.457 e. The second kappa shape index (κ2) is 4.54. The Labute approximate surface area is 119 Å². The quantitative estimate of drug-likeness (QED) is 0.586. The van der Waals surface area contributed by atoms with Crippen LogP contribution in [0.25, 0.3) is 0 Å². The number of nitrogens with zero attached hydrogens (tertiary/aromatic N) is 1. The average molecular weight is 291 g/mol. The zero-order valence-electron chi connectivity index (χ0n) is 11.4. The highest BCUT2D eigenvalue weighted by Crippen LogP contribution is 2.37. The number of carbonyl (C=O) groups is 3. The summed E-state index contributed by atoms with van der Waals surface area (Å²) in [5, 5.41) is 0. The van der Waals surface area contributed by atoms with Crippen molar-refractivity contribution in [2.45, 2.75) is 38.5 Å². The number of aromatic nitrogens is 1. The van der Waals surface area contributed by atoms with Crippen LogP contribution in [0.3, 0.4) is 0 Å². The third-order valence-corrected chi connectivity index (χ3v) is 4.11. The van der Waals surface area contributed by atoms with Crippen molar-refractivity contribution in [2.24, 2.45) is 0 Å². The first kappa shape index (κ1) is 13.5. The normalized spacial score (nSPS) is 23.3. The number of ether oxygens (including phenoxy) is 2. The Morgan fingerprint density at radius 3 is 2.86 bits per heavy atom. The Morgan fingerprint density at radius 1 is 1.43 bits per heavy atom. The van der Waals surface area contributed by atoms with Crippen LogP contribution in [0, 0.1) is 0 Å². The number of rotatable bonds is 3. The Morgan fingerprint density at radius 2 is 2.19 bits per heavy atom. The Bertz CT molecular complexity index is 719. The summed E-state index contributed by atoms with van der Waals surface area (Å²) >= 11 is 0. The summed E-state index contributed by atoms with van der Waals surface area (Å²) < 4.78 is 11.4. The van der Waals surface area contributed by atoms with E-state index < -0.39 is 11.6 Å². The van der Waals surface area contributed by atoms with E-state index in [1.165, 1.54) is 10.6 Å². The number of cyclic esters (lactones) is 1. The summed E-state index contributed by atoms with van der Waals surface area (Å²) in [7, 11) is 0. The van der Waals surface area contributed by atoms with Crippen LogP contribution in [-0.2, 0) is 37.8 Å². The molecule has 3 rings (SSSR count). The van der Waals surface area contributed by atoms with Gasteiger partial charge in [0.2, 0.25) is 5.60 Å². The molecule has 0 aliphatic carbocycles. The summed E-state index contributed by atoms with van der Waals surface area (Å²) in [6.07, 6.45) is 0.370. The van der Waals surface area contributed by atoms with Crippen molar-refractivity contribution in [3.05, 3.63) is 33.2 Å². The van der Waals surface area contributed by atoms with Gasteiger partial charge in [0.15, 0.2) is 5.78 Å². The van der Waals surface area contributed by atoms with Gasteiger partial charge in [0.25, 0.3) is 12.0 Å². The van der Waals surface area contributed by atoms with E-state index in [2.05, 4.69) is 0 Å². The maximum absolute atomic E-state index is 12.4. The maximum Gasteiger partial charge on any atom is 0.355 e. The fourth-order valence-electron chi connectivity index (χ4n) is 2.96. The van der Waals surface area contributed by atoms with Crippen LogP contribution >= 0.6 is 0 Å². The van der Waals surface area contributed by atoms with Gasteiger partial charge in [0.05, 0.1) is 11.3 Å². The van der Waals surface area contributed by atoms with Gasteiger partial charge in [-0.25, -0.2) is 4.79 Å². The third kappa shape index (κ3) is 1.66. The SMILES string of the molecule is CC[C@@]1(OC=O)C(=O)OCc2c1cc1n(c2=O)CCC1=O. The predicted molar refractivity (Wildman–Crippen MR) is 68.6 cm³/mol. The Hall–Kier alpha value is -2.44. The lowest BCUT2D eigenvalue weighted by atomic mass is 9.85. The first-order valence-corrected chi connectivity index (χ1v) is 6.64. The number of hydrogen-bond donors (Lipinski definition) is 0. The summed E-state index contributed by atoms with van der Waals surface area (Å²) in [6, 6.07) is 1.49. The number of esters is 1. The number of pyridine rings is 1. The topological polar surface area (TPSA) is 91.7 Å². The summed E-state index contributed by atoms with van der Waals surface area (Å²) in [4.78, 5) is 47.2. The predicted octanol–water partition coefficient (Wildman–Crippen LogP) is 0.270. The average Bonchev–Trinajstić information content (AvgIpc) is 2.84. The molecule has 0 radical (unpaired) electrons. The molecule has 0 amide bonds. The lowest BCUT2D eigenvalue weighted by Crippen LogP contribution is -2.46. The molecule has 0 saturated heterocycles. The molecule has 0 aromatic carbocycles. The van der Waals surface area contributed by atoms with Crippen molar-refractivity contribution in [2.75, 3.05) is 0 Å². The van der Waals surface area contributed by atoms with Crippen molar-refractivity contribution in [1.29, 1.82) is 0 Å². The molecule has 2 aliphatic rings. The van der Waals surface area contributed by atoms with Crippen molar-refractivity contribution in [3.63, 3.8) is 0 Å². The second-order valence-electron chi connectivity index (χ2n) is 5.02. The van der Waals surface area contributed by atoms with E-state index in [9.17, 15) is 19.2 Å². The van der Waals surface area contributed by atoms with Crippen LogP contribution < -0.4 is 5.56 Å². The number of Topliss-reactive ketones (excluding diaryl/α,β-unsaturated/α-hetero) is 1. The van der Waals surface area contributed by atoms with Gasteiger partial charge < -0.3 is 14.0 Å². The van der Waals surface area contributed by atoms with E-state index in [0.717, 1.165) is 0 Å². The fourth-order valence-corrected chi connectivity index (χ4v) is 2.96. The number of hydrogen-bond acceptors (Lipinski definition) is 6. The standard InChI is InChI=1S/C14H13NO6/c1-2-14(21-7-16)9-5-10-11(17)3-4-15(10)12(18)8(9)6-20-13(14)19/h5,7H,2-4,6H2,1H3/t14-/m0/s1. The lowest BCUT2D eigenvalue weighted by Gasteiger charge is -2.34. The highest BCUT2D eigenvalue weighted by Gasteiger charge is 2.49. The molecule has 3 heterocycles. The first-order chi connectivity index (χ1) is 10.0. The van der Waals surface area contributed by atoms with E-state index in [1.54, 1.807) is 6.92 Å². The molecule has 0 saturated carbocycles. The van der Waals surface area contributed by atoms with Gasteiger partial charge in [-0.05, 0) is 12.5 Å². The molecule has 1 aromatic heterocycles. The number of carbonyl (C=O) groups excluding carboxylic acids is 3. The van der Waals surface area contributed by atoms with Crippen molar-refractivity contribution >= 4 is 18.2 Å². The minimum absolute atomic E-state index is 0.120. The zero-order valence-corrected chi connectivity index (χ0v) is 11.4. The molecule has 110 valence electrons. The van der Waals surface area contributed by atoms with E-state index in [4.69, 9.17) is 9.47 Å². The first-order valence-electron chi connectivity index (χ1n) is 6.64. The zero-order chi connectivity index (χ0) is 15.2. The van der Waals surface area contributed by atoms with Crippen LogP contribution in [0.1, 0.15) is 41.4 Å². The van der Waals surface area contributed by atoms with Gasteiger partial charge in [0, 0.05) is 18.5 Å². The van der Waals surface area contributed by atoms with Crippen LogP contribution in [0.4, 0.5) is 0 Å². The molecule has 1 atom stereocenters. The molecule has 1 aromatic rings. The number of fused-ring (bicyclic) bond motifs is 2. The third-order valence-electron chi connectivity index (χ3n) is 4.11. The van der Waals surface area contributed by atoms with E-state index in [0.29, 0.717) is 6.54 Å². The fraction of sp³-hybridized carbons (Fsp3) is 0.429. The Balaban J connectivity index is 2.32. The van der Waals surface area contributed by atoms with Gasteiger partial charge in [-0.1, -0.05) is 6.92 Å². The highest BCUT2D eigenvalue weighted by molar-refractivity contribution is 5.97. The summed E-state index contributed by atoms with van der Waals surface area (Å²) in [5.41, 5.74) is -1.24. The van der Waals surface area contributed by atoms with Crippen molar-refractivity contribution < 1.29 is 23.9 Å². The van der Waals surface area contributed by atoms with Crippen molar-refractivity contribution in [1.82, 2.24) is 4.57 Å². The molecule has 2 aliphatic heterocycles. The number of ketones is 1. The van der Waals surface area contributed by atoms with Crippen LogP contribution in [0.2, 0.25) is 0 Å². The molecule has 7 nitrogen and oxygen atoms in total. The van der Waals surface area contributed by atoms with E-state index >= 15 is 0 Å². The molecule has 21 heavy (non-hydrogen) atoms. The van der Waals surface area contributed by atoms with Crippen LogP contribution in [0.15, 0.2) is 10.9 Å². The van der Waals surface area contributed by atoms with Gasteiger partial charge in [0.1, 0.15) is 6.61 Å².